The molecule has 0 saturated carbocycles. The maximum Gasteiger partial charge on any atom is 0.252 e. The Morgan fingerprint density at radius 1 is 1.03 bits per heavy atom. The molecule has 0 aliphatic heterocycles. The summed E-state index contributed by atoms with van der Waals surface area (Å²) in [4.78, 5) is 18.7. The minimum Gasteiger partial charge on any atom is -0.467 e. The molecular weight excluding hydrogens is 464 g/mol. The van der Waals surface area contributed by atoms with Gasteiger partial charge < -0.3 is 9.40 Å². The van der Waals surface area contributed by atoms with Crippen molar-refractivity contribution < 1.29 is 4.42 Å². The van der Waals surface area contributed by atoms with E-state index in [1.54, 1.807) is 10.9 Å². The molecule has 0 aliphatic rings. The first-order valence-corrected chi connectivity index (χ1v) is 12.6. The molecule has 0 spiro atoms. The van der Waals surface area contributed by atoms with Crippen LogP contribution in [-0.2, 0) is 19.6 Å². The molecule has 37 heavy (non-hydrogen) atoms. The van der Waals surface area contributed by atoms with Gasteiger partial charge in [0.2, 0.25) is 0 Å². The minimum atomic E-state index is -0.139. The second-order valence-electron chi connectivity index (χ2n) is 9.95. The highest BCUT2D eigenvalue weighted by molar-refractivity contribution is 5.83. The van der Waals surface area contributed by atoms with Crippen molar-refractivity contribution in [3.8, 4) is 0 Å². The van der Waals surface area contributed by atoms with E-state index in [9.17, 15) is 4.79 Å². The first-order valence-electron chi connectivity index (χ1n) is 12.6. The van der Waals surface area contributed by atoms with E-state index in [1.165, 1.54) is 0 Å². The monoisotopic (exact) mass is 496 g/mol. The summed E-state index contributed by atoms with van der Waals surface area (Å²) < 4.78 is 7.34. The van der Waals surface area contributed by atoms with Gasteiger partial charge in [0.05, 0.1) is 17.8 Å². The van der Waals surface area contributed by atoms with Crippen LogP contribution in [0, 0.1) is 19.8 Å². The molecule has 0 bridgehead atoms. The van der Waals surface area contributed by atoms with Crippen molar-refractivity contribution in [2.75, 3.05) is 0 Å². The average Bonchev–Trinajstić information content (AvgIpc) is 3.56. The first-order chi connectivity index (χ1) is 17.9. The third kappa shape index (κ3) is 5.24. The number of aryl methyl sites for hydroxylation is 2. The van der Waals surface area contributed by atoms with Gasteiger partial charge in [-0.25, -0.2) is 4.68 Å². The lowest BCUT2D eigenvalue weighted by Crippen LogP contribution is -2.35. The van der Waals surface area contributed by atoms with Crippen LogP contribution in [0.1, 0.15) is 53.7 Å². The molecular formula is C29H32N6O2. The maximum atomic E-state index is 13.3. The number of aromatic nitrogens is 5. The minimum absolute atomic E-state index is 0.0723. The van der Waals surface area contributed by atoms with Crippen LogP contribution in [0.5, 0.6) is 0 Å². The van der Waals surface area contributed by atoms with Gasteiger partial charge in [-0.2, -0.15) is 0 Å². The number of aromatic amines is 1. The zero-order valence-electron chi connectivity index (χ0n) is 21.7. The number of fused-ring (bicyclic) bond motifs is 1. The van der Waals surface area contributed by atoms with Crippen molar-refractivity contribution in [2.24, 2.45) is 5.92 Å². The molecule has 0 radical (unpaired) electrons. The van der Waals surface area contributed by atoms with Crippen LogP contribution in [0.3, 0.4) is 0 Å². The van der Waals surface area contributed by atoms with E-state index in [0.29, 0.717) is 25.2 Å². The molecule has 0 amide bonds. The van der Waals surface area contributed by atoms with Gasteiger partial charge in [0.15, 0.2) is 5.82 Å². The van der Waals surface area contributed by atoms with Gasteiger partial charge in [-0.1, -0.05) is 56.3 Å². The fourth-order valence-corrected chi connectivity index (χ4v) is 4.95. The van der Waals surface area contributed by atoms with Crippen molar-refractivity contribution >= 4 is 10.9 Å². The highest BCUT2D eigenvalue weighted by Crippen LogP contribution is 2.31. The molecule has 3 aromatic heterocycles. The van der Waals surface area contributed by atoms with Crippen LogP contribution in [-0.4, -0.2) is 30.1 Å². The van der Waals surface area contributed by atoms with Gasteiger partial charge in [0, 0.05) is 18.7 Å². The number of hydrogen-bond acceptors (Lipinski definition) is 6. The fraction of sp³-hybridized carbons (Fsp3) is 0.310. The molecule has 1 atom stereocenters. The second-order valence-corrected chi connectivity index (χ2v) is 9.95. The molecule has 0 unspecified atom stereocenters. The molecule has 8 nitrogen and oxygen atoms in total. The molecule has 190 valence electrons. The van der Waals surface area contributed by atoms with Crippen molar-refractivity contribution in [1.82, 2.24) is 30.1 Å². The van der Waals surface area contributed by atoms with Gasteiger partial charge in [0.25, 0.3) is 5.56 Å². The van der Waals surface area contributed by atoms with Gasteiger partial charge >= 0.3 is 0 Å². The largest absolute Gasteiger partial charge is 0.467 e. The van der Waals surface area contributed by atoms with E-state index in [2.05, 4.69) is 70.4 Å². The highest BCUT2D eigenvalue weighted by atomic mass is 16.3. The molecule has 2 aromatic carbocycles. The Kier molecular flexibility index (Phi) is 7.01. The molecule has 8 heteroatoms. The van der Waals surface area contributed by atoms with Crippen LogP contribution in [0.2, 0.25) is 0 Å². The average molecular weight is 497 g/mol. The van der Waals surface area contributed by atoms with Gasteiger partial charge in [-0.15, -0.1) is 5.10 Å². The molecule has 1 N–H and O–H groups in total. The number of hydrogen-bond donors (Lipinski definition) is 1. The summed E-state index contributed by atoms with van der Waals surface area (Å²) in [5, 5.41) is 13.8. The number of pyridine rings is 1. The predicted octanol–water partition coefficient (Wildman–Crippen LogP) is 5.17. The van der Waals surface area contributed by atoms with E-state index >= 15 is 0 Å². The van der Waals surface area contributed by atoms with E-state index < -0.39 is 0 Å². The summed E-state index contributed by atoms with van der Waals surface area (Å²) in [6.07, 6.45) is 1.65. The van der Waals surface area contributed by atoms with Gasteiger partial charge in [-0.3, -0.25) is 9.69 Å². The van der Waals surface area contributed by atoms with Crippen LogP contribution >= 0.6 is 0 Å². The number of H-pyrrole nitrogens is 1. The Balaban J connectivity index is 1.56. The first kappa shape index (κ1) is 24.6. The number of furan rings is 1. The van der Waals surface area contributed by atoms with Gasteiger partial charge in [-0.05, 0) is 70.5 Å². The van der Waals surface area contributed by atoms with E-state index in [4.69, 9.17) is 4.42 Å². The number of benzene rings is 2. The van der Waals surface area contributed by atoms with Crippen LogP contribution in [0.15, 0.2) is 76.1 Å². The summed E-state index contributed by atoms with van der Waals surface area (Å²) in [6.45, 7) is 9.94. The maximum absolute atomic E-state index is 13.3. The summed E-state index contributed by atoms with van der Waals surface area (Å²) in [5.74, 6) is 1.70. The summed E-state index contributed by atoms with van der Waals surface area (Å²) in [6, 6.07) is 20.1. The number of rotatable bonds is 9. The number of tetrazole rings is 1. The Bertz CT molecular complexity index is 1540. The van der Waals surface area contributed by atoms with E-state index in [0.717, 1.165) is 39.2 Å². The highest BCUT2D eigenvalue weighted by Gasteiger charge is 2.30. The van der Waals surface area contributed by atoms with E-state index in [1.807, 2.05) is 43.3 Å². The quantitative estimate of drug-likeness (QED) is 0.303. The second kappa shape index (κ2) is 10.5. The standard InChI is InChI=1S/C29H32N6O2/c1-19(2)27(28-31-32-33-35(28)18-25-11-8-14-37-25)34(16-22-9-6-5-7-10-22)17-24-15-23-13-12-20(3)21(4)26(23)30-29(24)36/h5-15,19,27H,16-18H2,1-4H3,(H,30,36)/t27-/m1/s1. The van der Waals surface area contributed by atoms with Gasteiger partial charge in [0.1, 0.15) is 12.3 Å². The van der Waals surface area contributed by atoms with Crippen molar-refractivity contribution in [1.29, 1.82) is 0 Å². The lowest BCUT2D eigenvalue weighted by Gasteiger charge is -2.33. The molecule has 5 aromatic rings. The van der Waals surface area contributed by atoms with Crippen LogP contribution < -0.4 is 5.56 Å². The zero-order chi connectivity index (χ0) is 25.9. The topological polar surface area (TPSA) is 92.8 Å². The molecule has 0 fully saturated rings. The summed E-state index contributed by atoms with van der Waals surface area (Å²) in [5.41, 5.74) is 4.94. The Labute approximate surface area is 215 Å². The van der Waals surface area contributed by atoms with E-state index in [-0.39, 0.29) is 17.5 Å². The SMILES string of the molecule is Cc1ccc2cc(CN(Cc3ccccc3)[C@@H](c3nnnn3Cc3ccco3)C(C)C)c(=O)[nH]c2c1C. The number of nitrogens with one attached hydrogen (secondary N) is 1. The zero-order valence-corrected chi connectivity index (χ0v) is 21.7. The molecule has 0 aliphatic carbocycles. The summed E-state index contributed by atoms with van der Waals surface area (Å²) in [7, 11) is 0. The lowest BCUT2D eigenvalue weighted by atomic mass is 9.99. The molecule has 5 rings (SSSR count). The van der Waals surface area contributed by atoms with Crippen molar-refractivity contribution in [2.45, 2.75) is 53.4 Å². The third-order valence-electron chi connectivity index (χ3n) is 6.96. The smallest absolute Gasteiger partial charge is 0.252 e. The normalized spacial score (nSPS) is 12.6. The predicted molar refractivity (Wildman–Crippen MR) is 143 cm³/mol. The van der Waals surface area contributed by atoms with Crippen LogP contribution in [0.4, 0.5) is 0 Å². The Morgan fingerprint density at radius 3 is 2.57 bits per heavy atom. The lowest BCUT2D eigenvalue weighted by molar-refractivity contribution is 0.125. The fourth-order valence-electron chi connectivity index (χ4n) is 4.95. The van der Waals surface area contributed by atoms with Crippen molar-refractivity contribution in [3.63, 3.8) is 0 Å². The molecule has 3 heterocycles. The van der Waals surface area contributed by atoms with Crippen molar-refractivity contribution in [3.05, 3.63) is 111 Å². The Morgan fingerprint density at radius 2 is 1.84 bits per heavy atom. The Hall–Kier alpha value is -4.04. The number of nitrogens with zero attached hydrogens (tertiary/aromatic N) is 5. The van der Waals surface area contributed by atoms with Crippen LogP contribution in [0.25, 0.3) is 10.9 Å². The molecule has 0 saturated heterocycles. The summed E-state index contributed by atoms with van der Waals surface area (Å²) >= 11 is 0. The third-order valence-corrected chi connectivity index (χ3v) is 6.96.